The number of anilines is 1. The lowest BCUT2D eigenvalue weighted by Gasteiger charge is -2.15. The lowest BCUT2D eigenvalue weighted by molar-refractivity contribution is -0.402. The molecule has 1 amide bonds. The molecule has 0 aliphatic rings. The zero-order valence-corrected chi connectivity index (χ0v) is 10.8. The van der Waals surface area contributed by atoms with E-state index in [9.17, 15) is 14.9 Å². The molecule has 0 aromatic carbocycles. The number of furan rings is 1. The van der Waals surface area contributed by atoms with Gasteiger partial charge in [-0.2, -0.15) is 0 Å². The van der Waals surface area contributed by atoms with E-state index in [-0.39, 0.29) is 5.76 Å². The van der Waals surface area contributed by atoms with E-state index in [0.29, 0.717) is 11.6 Å². The minimum absolute atomic E-state index is 0.116. The predicted molar refractivity (Wildman–Crippen MR) is 68.9 cm³/mol. The van der Waals surface area contributed by atoms with Crippen LogP contribution in [0.3, 0.4) is 0 Å². The molecule has 8 nitrogen and oxygen atoms in total. The molecule has 2 aromatic rings. The monoisotopic (exact) mass is 277 g/mol. The van der Waals surface area contributed by atoms with Crippen LogP contribution >= 0.6 is 0 Å². The molecule has 0 saturated heterocycles. The molecule has 2 rings (SSSR count). The molecule has 0 atom stereocenters. The van der Waals surface area contributed by atoms with Gasteiger partial charge in [-0.25, -0.2) is 4.98 Å². The van der Waals surface area contributed by atoms with Crippen LogP contribution in [-0.2, 0) is 0 Å². The Kier molecular flexibility index (Phi) is 3.65. The molecular weight excluding hydrogens is 266 g/mol. The highest BCUT2D eigenvalue weighted by Gasteiger charge is 2.21. The molecule has 104 valence electrons. The number of hydrogen-bond donors (Lipinski definition) is 0. The summed E-state index contributed by atoms with van der Waals surface area (Å²) >= 11 is 0. The standard InChI is InChI=1S/C12H11N3O5/c1-14(8-3-5-10(19-2)13-7-8)12(16)9-4-6-11(20-9)15(17)18/h3-7H,1-2H3. The molecular formula is C12H11N3O5. The zero-order chi connectivity index (χ0) is 14.7. The smallest absolute Gasteiger partial charge is 0.433 e. The summed E-state index contributed by atoms with van der Waals surface area (Å²) in [5.41, 5.74) is 0.509. The van der Waals surface area contributed by atoms with Gasteiger partial charge >= 0.3 is 5.88 Å². The van der Waals surface area contributed by atoms with E-state index in [2.05, 4.69) is 4.98 Å². The first-order valence-electron chi connectivity index (χ1n) is 5.55. The number of aromatic nitrogens is 1. The third-order valence-electron chi connectivity index (χ3n) is 2.60. The van der Waals surface area contributed by atoms with Crippen LogP contribution in [0.1, 0.15) is 10.6 Å². The molecule has 20 heavy (non-hydrogen) atoms. The van der Waals surface area contributed by atoms with Crippen LogP contribution in [0.25, 0.3) is 0 Å². The number of amides is 1. The number of nitro groups is 1. The van der Waals surface area contributed by atoms with Crippen LogP contribution in [0.4, 0.5) is 11.6 Å². The Hall–Kier alpha value is -2.90. The average molecular weight is 277 g/mol. The molecule has 2 heterocycles. The van der Waals surface area contributed by atoms with E-state index in [1.807, 2.05) is 0 Å². The first-order valence-corrected chi connectivity index (χ1v) is 5.55. The summed E-state index contributed by atoms with van der Waals surface area (Å²) in [5, 5.41) is 10.5. The van der Waals surface area contributed by atoms with E-state index < -0.39 is 16.7 Å². The van der Waals surface area contributed by atoms with Crippen LogP contribution in [0.2, 0.25) is 0 Å². The van der Waals surface area contributed by atoms with Crippen molar-refractivity contribution in [3.05, 3.63) is 46.3 Å². The van der Waals surface area contributed by atoms with Gasteiger partial charge in [-0.3, -0.25) is 14.9 Å². The summed E-state index contributed by atoms with van der Waals surface area (Å²) in [4.78, 5) is 27.1. The average Bonchev–Trinajstić information content (AvgIpc) is 2.96. The lowest BCUT2D eigenvalue weighted by atomic mass is 10.3. The van der Waals surface area contributed by atoms with Crippen molar-refractivity contribution in [1.82, 2.24) is 4.98 Å². The largest absolute Gasteiger partial charge is 0.481 e. The summed E-state index contributed by atoms with van der Waals surface area (Å²) in [5.74, 6) is -0.682. The highest BCUT2D eigenvalue weighted by Crippen LogP contribution is 2.20. The topological polar surface area (TPSA) is 98.7 Å². The Morgan fingerprint density at radius 2 is 2.15 bits per heavy atom. The van der Waals surface area contributed by atoms with Gasteiger partial charge in [-0.05, 0) is 12.1 Å². The molecule has 0 fully saturated rings. The summed E-state index contributed by atoms with van der Waals surface area (Å²) in [7, 11) is 3.00. The number of ether oxygens (including phenoxy) is 1. The summed E-state index contributed by atoms with van der Waals surface area (Å²) in [6.45, 7) is 0. The first-order chi connectivity index (χ1) is 9.52. The maximum absolute atomic E-state index is 12.1. The number of rotatable bonds is 4. The number of carbonyl (C=O) groups excluding carboxylic acids is 1. The number of methoxy groups -OCH3 is 1. The second-order valence-electron chi connectivity index (χ2n) is 3.82. The van der Waals surface area contributed by atoms with E-state index in [1.165, 1.54) is 31.3 Å². The van der Waals surface area contributed by atoms with Gasteiger partial charge in [-0.1, -0.05) is 0 Å². The number of nitrogens with zero attached hydrogens (tertiary/aromatic N) is 3. The molecule has 0 unspecified atom stereocenters. The van der Waals surface area contributed by atoms with Crippen molar-refractivity contribution < 1.29 is 18.9 Å². The summed E-state index contributed by atoms with van der Waals surface area (Å²) < 4.78 is 9.77. The third-order valence-corrected chi connectivity index (χ3v) is 2.60. The van der Waals surface area contributed by atoms with Crippen LogP contribution in [0.5, 0.6) is 5.88 Å². The van der Waals surface area contributed by atoms with Gasteiger partial charge in [-0.15, -0.1) is 0 Å². The molecule has 0 bridgehead atoms. The molecule has 8 heteroatoms. The number of pyridine rings is 1. The molecule has 0 aliphatic carbocycles. The lowest BCUT2D eigenvalue weighted by Crippen LogP contribution is -2.25. The van der Waals surface area contributed by atoms with Gasteiger partial charge in [0.15, 0.2) is 5.76 Å². The molecule has 2 aromatic heterocycles. The highest BCUT2D eigenvalue weighted by molar-refractivity contribution is 6.03. The summed E-state index contributed by atoms with van der Waals surface area (Å²) in [6, 6.07) is 5.63. The van der Waals surface area contributed by atoms with Crippen molar-refractivity contribution in [3.63, 3.8) is 0 Å². The van der Waals surface area contributed by atoms with Crippen LogP contribution in [-0.4, -0.2) is 30.0 Å². The molecule has 0 spiro atoms. The minimum atomic E-state index is -0.703. The fourth-order valence-corrected chi connectivity index (χ4v) is 1.51. The second-order valence-corrected chi connectivity index (χ2v) is 3.82. The van der Waals surface area contributed by atoms with Gasteiger partial charge in [0.1, 0.15) is 4.92 Å². The number of hydrogen-bond acceptors (Lipinski definition) is 6. The quantitative estimate of drug-likeness (QED) is 0.624. The van der Waals surface area contributed by atoms with Gasteiger partial charge in [0.05, 0.1) is 25.1 Å². The molecule has 0 N–H and O–H groups in total. The Labute approximate surface area is 113 Å². The van der Waals surface area contributed by atoms with Crippen molar-refractivity contribution in [1.29, 1.82) is 0 Å². The van der Waals surface area contributed by atoms with Gasteiger partial charge in [0.2, 0.25) is 5.88 Å². The van der Waals surface area contributed by atoms with Crippen molar-refractivity contribution in [2.24, 2.45) is 0 Å². The molecule has 0 aliphatic heterocycles. The molecule has 0 radical (unpaired) electrons. The van der Waals surface area contributed by atoms with Gasteiger partial charge in [0, 0.05) is 13.1 Å². The van der Waals surface area contributed by atoms with E-state index in [1.54, 1.807) is 12.1 Å². The normalized spacial score (nSPS) is 10.1. The Balaban J connectivity index is 2.20. The van der Waals surface area contributed by atoms with Crippen LogP contribution in [0, 0.1) is 10.1 Å². The van der Waals surface area contributed by atoms with Gasteiger partial charge < -0.3 is 14.1 Å². The van der Waals surface area contributed by atoms with E-state index in [0.717, 1.165) is 6.07 Å². The second kappa shape index (κ2) is 5.39. The Bertz CT molecular complexity index is 635. The van der Waals surface area contributed by atoms with E-state index >= 15 is 0 Å². The maximum Gasteiger partial charge on any atom is 0.433 e. The minimum Gasteiger partial charge on any atom is -0.481 e. The van der Waals surface area contributed by atoms with Crippen molar-refractivity contribution >= 4 is 17.5 Å². The maximum atomic E-state index is 12.1. The fourth-order valence-electron chi connectivity index (χ4n) is 1.51. The van der Waals surface area contributed by atoms with Gasteiger partial charge in [0.25, 0.3) is 5.91 Å². The molecule has 0 saturated carbocycles. The summed E-state index contributed by atoms with van der Waals surface area (Å²) in [6.07, 6.45) is 1.45. The Morgan fingerprint density at radius 1 is 1.40 bits per heavy atom. The van der Waals surface area contributed by atoms with Crippen LogP contribution in [0.15, 0.2) is 34.9 Å². The predicted octanol–water partition coefficient (Wildman–Crippen LogP) is 1.87. The van der Waals surface area contributed by atoms with E-state index in [4.69, 9.17) is 9.15 Å². The Morgan fingerprint density at radius 3 is 2.65 bits per heavy atom. The first kappa shape index (κ1) is 13.5. The highest BCUT2D eigenvalue weighted by atomic mass is 16.6. The SMILES string of the molecule is COc1ccc(N(C)C(=O)c2ccc([N+](=O)[O-])o2)cn1. The zero-order valence-electron chi connectivity index (χ0n) is 10.8. The van der Waals surface area contributed by atoms with Crippen molar-refractivity contribution in [2.75, 3.05) is 19.1 Å². The van der Waals surface area contributed by atoms with Crippen molar-refractivity contribution in [3.8, 4) is 5.88 Å². The van der Waals surface area contributed by atoms with Crippen molar-refractivity contribution in [2.45, 2.75) is 0 Å². The third kappa shape index (κ3) is 2.58. The van der Waals surface area contributed by atoms with Crippen LogP contribution < -0.4 is 9.64 Å². The fraction of sp³-hybridized carbons (Fsp3) is 0.167. The number of carbonyl (C=O) groups is 1.